The van der Waals surface area contributed by atoms with Crippen molar-refractivity contribution >= 4 is 22.7 Å². The lowest BCUT2D eigenvalue weighted by molar-refractivity contribution is -0.118. The Balaban J connectivity index is 2.44. The number of ether oxygens (including phenoxy) is 1. The first-order valence-corrected chi connectivity index (χ1v) is 7.70. The van der Waals surface area contributed by atoms with Crippen molar-refractivity contribution < 1.29 is 9.53 Å². The van der Waals surface area contributed by atoms with Gasteiger partial charge in [0.1, 0.15) is 11.7 Å². The number of para-hydroxylation sites is 1. The molecule has 1 aromatic carbocycles. The van der Waals surface area contributed by atoms with E-state index in [0.717, 1.165) is 11.3 Å². The first-order valence-electron chi connectivity index (χ1n) is 6.48. The molecule has 0 saturated carbocycles. The van der Waals surface area contributed by atoms with Crippen molar-refractivity contribution in [3.8, 4) is 11.8 Å². The fourth-order valence-electron chi connectivity index (χ4n) is 2.40. The van der Waals surface area contributed by atoms with Crippen LogP contribution in [0.25, 0.3) is 0 Å². The Hall–Kier alpha value is -1.80. The van der Waals surface area contributed by atoms with Crippen LogP contribution in [0.2, 0.25) is 0 Å². The number of carbonyl (C=O) groups is 1. The van der Waals surface area contributed by atoms with E-state index in [2.05, 4.69) is 11.1 Å². The minimum atomic E-state index is -0.385. The summed E-state index contributed by atoms with van der Waals surface area (Å²) in [5, 5.41) is 10.0. The van der Waals surface area contributed by atoms with E-state index in [-0.39, 0.29) is 24.2 Å². The second-order valence-electron chi connectivity index (χ2n) is 4.44. The third kappa shape index (κ3) is 2.86. The molecule has 5 heteroatoms. The van der Waals surface area contributed by atoms with Gasteiger partial charge in [-0.25, -0.2) is 4.99 Å². The van der Waals surface area contributed by atoms with Gasteiger partial charge in [0.05, 0.1) is 17.7 Å². The number of hydrogen-bond acceptors (Lipinski definition) is 4. The van der Waals surface area contributed by atoms with Crippen molar-refractivity contribution in [1.29, 1.82) is 5.26 Å². The van der Waals surface area contributed by atoms with Gasteiger partial charge in [-0.15, -0.1) is 11.8 Å². The van der Waals surface area contributed by atoms with Gasteiger partial charge in [0, 0.05) is 12.3 Å². The van der Waals surface area contributed by atoms with Crippen molar-refractivity contribution in [2.75, 3.05) is 12.9 Å². The average molecular weight is 288 g/mol. The Kier molecular flexibility index (Phi) is 4.80. The molecule has 0 fully saturated rings. The van der Waals surface area contributed by atoms with Crippen LogP contribution in [-0.2, 0) is 4.79 Å². The van der Waals surface area contributed by atoms with Crippen LogP contribution in [-0.4, -0.2) is 23.8 Å². The maximum Gasteiger partial charge on any atom is 0.247 e. The van der Waals surface area contributed by atoms with Crippen molar-refractivity contribution in [1.82, 2.24) is 0 Å². The van der Waals surface area contributed by atoms with Gasteiger partial charge < -0.3 is 4.74 Å². The summed E-state index contributed by atoms with van der Waals surface area (Å²) in [5.74, 6) is 0.00654. The molecule has 2 rings (SSSR count). The molecule has 0 radical (unpaired) electrons. The lowest BCUT2D eigenvalue weighted by Crippen LogP contribution is -2.27. The summed E-state index contributed by atoms with van der Waals surface area (Å²) in [5.41, 5.74) is 0.913. The van der Waals surface area contributed by atoms with Crippen LogP contribution in [0.1, 0.15) is 24.8 Å². The predicted octanol–water partition coefficient (Wildman–Crippen LogP) is 3.00. The van der Waals surface area contributed by atoms with Crippen LogP contribution in [0, 0.1) is 17.2 Å². The summed E-state index contributed by atoms with van der Waals surface area (Å²) in [6.07, 6.45) is 2.10. The van der Waals surface area contributed by atoms with Crippen molar-refractivity contribution in [3.63, 3.8) is 0 Å². The van der Waals surface area contributed by atoms with Crippen molar-refractivity contribution in [2.45, 2.75) is 19.3 Å². The number of nitrogens with zero attached hydrogens (tertiary/aromatic N) is 2. The summed E-state index contributed by atoms with van der Waals surface area (Å²) in [6, 6.07) is 9.89. The molecule has 0 N–H and O–H groups in total. The Morgan fingerprint density at radius 1 is 1.50 bits per heavy atom. The van der Waals surface area contributed by atoms with Gasteiger partial charge in [-0.05, 0) is 24.8 Å². The van der Waals surface area contributed by atoms with E-state index in [1.54, 1.807) is 0 Å². The van der Waals surface area contributed by atoms with Crippen molar-refractivity contribution in [2.24, 2.45) is 10.9 Å². The zero-order valence-electron chi connectivity index (χ0n) is 11.5. The molecule has 0 bridgehead atoms. The number of aliphatic imine (C=N–C) groups is 1. The fraction of sp³-hybridized carbons (Fsp3) is 0.400. The molecule has 0 aromatic heterocycles. The second kappa shape index (κ2) is 6.58. The highest BCUT2D eigenvalue weighted by Gasteiger charge is 2.35. The van der Waals surface area contributed by atoms with Gasteiger partial charge in [0.2, 0.25) is 5.91 Å². The van der Waals surface area contributed by atoms with Gasteiger partial charge in [-0.3, -0.25) is 4.79 Å². The lowest BCUT2D eigenvalue weighted by atomic mass is 9.82. The van der Waals surface area contributed by atoms with E-state index >= 15 is 0 Å². The molecular weight excluding hydrogens is 272 g/mol. The van der Waals surface area contributed by atoms with E-state index in [9.17, 15) is 10.1 Å². The van der Waals surface area contributed by atoms with Crippen LogP contribution in [0.15, 0.2) is 29.3 Å². The Morgan fingerprint density at radius 2 is 2.25 bits per heavy atom. The second-order valence-corrected chi connectivity index (χ2v) is 5.26. The molecule has 2 unspecified atom stereocenters. The van der Waals surface area contributed by atoms with Gasteiger partial charge >= 0.3 is 0 Å². The maximum atomic E-state index is 11.8. The van der Waals surface area contributed by atoms with E-state index in [4.69, 9.17) is 4.74 Å². The number of hydrogen-bond donors (Lipinski definition) is 0. The topological polar surface area (TPSA) is 62.4 Å². The highest BCUT2D eigenvalue weighted by molar-refractivity contribution is 8.13. The fourth-order valence-corrected chi connectivity index (χ4v) is 3.06. The molecule has 0 spiro atoms. The largest absolute Gasteiger partial charge is 0.494 e. The average Bonchev–Trinajstić information content (AvgIpc) is 2.47. The van der Waals surface area contributed by atoms with Crippen LogP contribution in [0.5, 0.6) is 5.75 Å². The number of rotatable bonds is 3. The Bertz CT molecular complexity index is 577. The minimum absolute atomic E-state index is 0.169. The molecule has 1 aliphatic heterocycles. The minimum Gasteiger partial charge on any atom is -0.494 e. The number of nitriles is 1. The molecule has 20 heavy (non-hydrogen) atoms. The highest BCUT2D eigenvalue weighted by atomic mass is 32.2. The van der Waals surface area contributed by atoms with Crippen LogP contribution in [0.4, 0.5) is 0 Å². The molecule has 1 amide bonds. The van der Waals surface area contributed by atoms with Crippen LogP contribution >= 0.6 is 11.8 Å². The normalized spacial score (nSPS) is 22.1. The molecule has 1 aliphatic rings. The maximum absolute atomic E-state index is 11.8. The molecule has 1 aromatic rings. The smallest absolute Gasteiger partial charge is 0.247 e. The first kappa shape index (κ1) is 14.6. The summed E-state index contributed by atoms with van der Waals surface area (Å²) in [6.45, 7) is 2.47. The van der Waals surface area contributed by atoms with E-state index in [0.29, 0.717) is 11.7 Å². The number of amides is 1. The van der Waals surface area contributed by atoms with Crippen LogP contribution in [0.3, 0.4) is 0 Å². The first-order chi connectivity index (χ1) is 9.71. The summed E-state index contributed by atoms with van der Waals surface area (Å²) >= 11 is 1.37. The molecule has 1 heterocycles. The number of benzene rings is 1. The third-order valence-electron chi connectivity index (χ3n) is 3.26. The molecule has 0 saturated heterocycles. The van der Waals surface area contributed by atoms with Crippen molar-refractivity contribution in [3.05, 3.63) is 29.8 Å². The van der Waals surface area contributed by atoms with E-state index < -0.39 is 0 Å². The van der Waals surface area contributed by atoms with Gasteiger partial charge in [0.25, 0.3) is 0 Å². The highest BCUT2D eigenvalue weighted by Crippen LogP contribution is 2.39. The third-order valence-corrected chi connectivity index (χ3v) is 4.03. The van der Waals surface area contributed by atoms with Gasteiger partial charge in [-0.1, -0.05) is 18.2 Å². The summed E-state index contributed by atoms with van der Waals surface area (Å²) < 4.78 is 5.62. The van der Waals surface area contributed by atoms with Gasteiger partial charge in [-0.2, -0.15) is 5.26 Å². The zero-order chi connectivity index (χ0) is 14.5. The van der Waals surface area contributed by atoms with Gasteiger partial charge in [0.15, 0.2) is 0 Å². The SMILES string of the molecule is CCOc1ccccc1C1CC(=O)N=C(SC)C1C#N. The molecule has 4 nitrogen and oxygen atoms in total. The summed E-state index contributed by atoms with van der Waals surface area (Å²) in [7, 11) is 0. The predicted molar refractivity (Wildman–Crippen MR) is 80.0 cm³/mol. The number of thioether (sulfide) groups is 1. The quantitative estimate of drug-likeness (QED) is 0.857. The number of carbonyl (C=O) groups excluding carboxylic acids is 1. The summed E-state index contributed by atoms with van der Waals surface area (Å²) in [4.78, 5) is 15.8. The molecule has 104 valence electrons. The monoisotopic (exact) mass is 288 g/mol. The Labute approximate surface area is 122 Å². The van der Waals surface area contributed by atoms with Crippen LogP contribution < -0.4 is 4.74 Å². The standard InChI is InChI=1S/C15H16N2O2S/c1-3-19-13-7-5-4-6-10(13)11-8-14(18)17-15(20-2)12(11)9-16/h4-7,11-12H,3,8H2,1-2H3. The zero-order valence-corrected chi connectivity index (χ0v) is 12.3. The Morgan fingerprint density at radius 3 is 2.90 bits per heavy atom. The lowest BCUT2D eigenvalue weighted by Gasteiger charge is -2.27. The molecular formula is C15H16N2O2S. The van der Waals surface area contributed by atoms with E-state index in [1.807, 2.05) is 37.4 Å². The molecule has 2 atom stereocenters. The molecule has 0 aliphatic carbocycles. The van der Waals surface area contributed by atoms with E-state index in [1.165, 1.54) is 11.8 Å².